The molecule has 2 aliphatic rings. The van der Waals surface area contributed by atoms with Crippen LogP contribution in [0.3, 0.4) is 0 Å². The summed E-state index contributed by atoms with van der Waals surface area (Å²) in [5.74, 6) is 3.00. The first kappa shape index (κ1) is 13.4. The first-order chi connectivity index (χ1) is 8.23. The highest BCUT2D eigenvalue weighted by molar-refractivity contribution is 4.93. The topological polar surface area (TPSA) is 20.2 Å². The second kappa shape index (κ2) is 5.73. The Labute approximate surface area is 107 Å². The highest BCUT2D eigenvalue weighted by Crippen LogP contribution is 2.53. The molecular weight excluding hydrogens is 208 g/mol. The molecule has 1 N–H and O–H groups in total. The van der Waals surface area contributed by atoms with Gasteiger partial charge < -0.3 is 5.11 Å². The number of unbranched alkanes of at least 4 members (excludes halogenated alkanes) is 1. The van der Waals surface area contributed by atoms with E-state index in [-0.39, 0.29) is 5.41 Å². The van der Waals surface area contributed by atoms with Crippen LogP contribution >= 0.6 is 0 Å². The molecule has 0 heterocycles. The molecule has 2 bridgehead atoms. The van der Waals surface area contributed by atoms with Crippen molar-refractivity contribution in [3.8, 4) is 0 Å². The Balaban J connectivity index is 1.92. The van der Waals surface area contributed by atoms with Crippen molar-refractivity contribution in [3.63, 3.8) is 0 Å². The first-order valence-electron chi connectivity index (χ1n) is 7.84. The molecule has 17 heavy (non-hydrogen) atoms. The first-order valence-corrected chi connectivity index (χ1v) is 7.84. The van der Waals surface area contributed by atoms with E-state index in [2.05, 4.69) is 13.8 Å². The SMILES string of the molecule is CCCCC(CC)(CO)CC1CC2CCC1C2. The summed E-state index contributed by atoms with van der Waals surface area (Å²) < 4.78 is 0. The van der Waals surface area contributed by atoms with E-state index in [0.717, 1.165) is 24.2 Å². The van der Waals surface area contributed by atoms with Crippen molar-refractivity contribution in [1.82, 2.24) is 0 Å². The van der Waals surface area contributed by atoms with Crippen LogP contribution in [-0.2, 0) is 0 Å². The average molecular weight is 238 g/mol. The van der Waals surface area contributed by atoms with Crippen LogP contribution in [0.4, 0.5) is 0 Å². The minimum atomic E-state index is 0.255. The fourth-order valence-corrected chi connectivity index (χ4v) is 4.41. The van der Waals surface area contributed by atoms with Gasteiger partial charge in [-0.1, -0.05) is 33.1 Å². The molecule has 0 aliphatic heterocycles. The predicted octanol–water partition coefficient (Wildman–Crippen LogP) is 4.39. The third-order valence-electron chi connectivity index (χ3n) is 5.73. The normalized spacial score (nSPS) is 35.1. The summed E-state index contributed by atoms with van der Waals surface area (Å²) in [4.78, 5) is 0. The molecule has 4 unspecified atom stereocenters. The minimum Gasteiger partial charge on any atom is -0.396 e. The number of rotatable bonds is 7. The molecule has 1 heteroatoms. The minimum absolute atomic E-state index is 0.255. The van der Waals surface area contributed by atoms with Gasteiger partial charge in [0.05, 0.1) is 0 Å². The van der Waals surface area contributed by atoms with E-state index in [1.165, 1.54) is 51.4 Å². The smallest absolute Gasteiger partial charge is 0.0487 e. The Kier molecular flexibility index (Phi) is 4.52. The van der Waals surface area contributed by atoms with E-state index in [0.29, 0.717) is 6.61 Å². The van der Waals surface area contributed by atoms with Gasteiger partial charge in [-0.2, -0.15) is 0 Å². The van der Waals surface area contributed by atoms with Crippen LogP contribution in [0.15, 0.2) is 0 Å². The fraction of sp³-hybridized carbons (Fsp3) is 1.00. The number of aliphatic hydroxyl groups excluding tert-OH is 1. The van der Waals surface area contributed by atoms with Crippen LogP contribution in [0.25, 0.3) is 0 Å². The lowest BCUT2D eigenvalue weighted by Gasteiger charge is -2.36. The summed E-state index contributed by atoms with van der Waals surface area (Å²) in [6.45, 7) is 4.95. The highest BCUT2D eigenvalue weighted by atomic mass is 16.3. The lowest BCUT2D eigenvalue weighted by Crippen LogP contribution is -2.29. The second-order valence-corrected chi connectivity index (χ2v) is 6.75. The van der Waals surface area contributed by atoms with Crippen molar-refractivity contribution in [2.45, 2.75) is 71.6 Å². The van der Waals surface area contributed by atoms with Crippen molar-refractivity contribution in [2.24, 2.45) is 23.2 Å². The molecule has 0 aromatic rings. The monoisotopic (exact) mass is 238 g/mol. The summed E-state index contributed by atoms with van der Waals surface area (Å²) in [7, 11) is 0. The Hall–Kier alpha value is -0.0400. The van der Waals surface area contributed by atoms with Crippen LogP contribution in [0.1, 0.15) is 71.6 Å². The van der Waals surface area contributed by atoms with Crippen LogP contribution < -0.4 is 0 Å². The maximum absolute atomic E-state index is 9.83. The van der Waals surface area contributed by atoms with Crippen molar-refractivity contribution in [3.05, 3.63) is 0 Å². The molecule has 2 rings (SSSR count). The number of fused-ring (bicyclic) bond motifs is 2. The van der Waals surface area contributed by atoms with Gasteiger partial charge in [0.25, 0.3) is 0 Å². The molecule has 0 saturated heterocycles. The van der Waals surface area contributed by atoms with E-state index in [4.69, 9.17) is 0 Å². The summed E-state index contributed by atoms with van der Waals surface area (Å²) in [5, 5.41) is 9.83. The standard InChI is InChI=1S/C16H30O/c1-3-5-8-16(4-2,12-17)11-15-10-13-6-7-14(15)9-13/h13-15,17H,3-12H2,1-2H3. The number of hydrogen-bond donors (Lipinski definition) is 1. The molecule has 0 aromatic heterocycles. The molecule has 100 valence electrons. The quantitative estimate of drug-likeness (QED) is 0.697. The van der Waals surface area contributed by atoms with Crippen LogP contribution in [0.5, 0.6) is 0 Å². The van der Waals surface area contributed by atoms with E-state index < -0.39 is 0 Å². The fourth-order valence-electron chi connectivity index (χ4n) is 4.41. The largest absolute Gasteiger partial charge is 0.396 e. The summed E-state index contributed by atoms with van der Waals surface area (Å²) in [6, 6.07) is 0. The molecule has 2 saturated carbocycles. The summed E-state index contributed by atoms with van der Waals surface area (Å²) in [5.41, 5.74) is 0.255. The molecule has 2 fully saturated rings. The number of hydrogen-bond acceptors (Lipinski definition) is 1. The van der Waals surface area contributed by atoms with E-state index in [1.807, 2.05) is 0 Å². The van der Waals surface area contributed by atoms with E-state index in [9.17, 15) is 5.11 Å². The van der Waals surface area contributed by atoms with Crippen molar-refractivity contribution in [2.75, 3.05) is 6.61 Å². The van der Waals surface area contributed by atoms with Gasteiger partial charge in [0.2, 0.25) is 0 Å². The lowest BCUT2D eigenvalue weighted by molar-refractivity contribution is 0.0669. The van der Waals surface area contributed by atoms with Gasteiger partial charge in [0.15, 0.2) is 0 Å². The Bertz CT molecular complexity index is 232. The third-order valence-corrected chi connectivity index (χ3v) is 5.73. The van der Waals surface area contributed by atoms with Gasteiger partial charge in [0.1, 0.15) is 0 Å². The van der Waals surface area contributed by atoms with Crippen LogP contribution in [-0.4, -0.2) is 11.7 Å². The molecular formula is C16H30O. The zero-order chi connectivity index (χ0) is 12.3. The van der Waals surface area contributed by atoms with Gasteiger partial charge in [-0.3, -0.25) is 0 Å². The van der Waals surface area contributed by atoms with Gasteiger partial charge >= 0.3 is 0 Å². The van der Waals surface area contributed by atoms with Gasteiger partial charge in [-0.05, 0) is 61.7 Å². The lowest BCUT2D eigenvalue weighted by atomic mass is 9.70. The average Bonchev–Trinajstić information content (AvgIpc) is 2.96. The zero-order valence-corrected chi connectivity index (χ0v) is 11.8. The molecule has 0 aromatic carbocycles. The van der Waals surface area contributed by atoms with Crippen molar-refractivity contribution < 1.29 is 5.11 Å². The van der Waals surface area contributed by atoms with Gasteiger partial charge in [-0.25, -0.2) is 0 Å². The Morgan fingerprint density at radius 1 is 1.18 bits per heavy atom. The Morgan fingerprint density at radius 2 is 2.00 bits per heavy atom. The van der Waals surface area contributed by atoms with Crippen LogP contribution in [0.2, 0.25) is 0 Å². The molecule has 0 spiro atoms. The van der Waals surface area contributed by atoms with Crippen molar-refractivity contribution >= 4 is 0 Å². The maximum atomic E-state index is 9.83. The molecule has 0 amide bonds. The predicted molar refractivity (Wildman–Crippen MR) is 72.9 cm³/mol. The maximum Gasteiger partial charge on any atom is 0.0487 e. The second-order valence-electron chi connectivity index (χ2n) is 6.75. The molecule has 0 radical (unpaired) electrons. The van der Waals surface area contributed by atoms with Crippen LogP contribution in [0, 0.1) is 23.2 Å². The van der Waals surface area contributed by atoms with E-state index in [1.54, 1.807) is 0 Å². The number of aliphatic hydroxyl groups is 1. The Morgan fingerprint density at radius 3 is 2.47 bits per heavy atom. The van der Waals surface area contributed by atoms with E-state index >= 15 is 0 Å². The molecule has 1 nitrogen and oxygen atoms in total. The molecule has 4 atom stereocenters. The third kappa shape index (κ3) is 2.86. The zero-order valence-electron chi connectivity index (χ0n) is 11.8. The molecule has 2 aliphatic carbocycles. The van der Waals surface area contributed by atoms with Gasteiger partial charge in [-0.15, -0.1) is 0 Å². The highest BCUT2D eigenvalue weighted by Gasteiger charge is 2.42. The van der Waals surface area contributed by atoms with Crippen molar-refractivity contribution in [1.29, 1.82) is 0 Å². The summed E-state index contributed by atoms with van der Waals surface area (Å²) >= 11 is 0. The van der Waals surface area contributed by atoms with Gasteiger partial charge in [0, 0.05) is 6.61 Å². The summed E-state index contributed by atoms with van der Waals surface area (Å²) in [6.07, 6.45) is 12.2.